The van der Waals surface area contributed by atoms with Crippen molar-refractivity contribution in [1.82, 2.24) is 4.98 Å². The number of hydrogen-bond donors (Lipinski definition) is 0. The van der Waals surface area contributed by atoms with Gasteiger partial charge in [0, 0.05) is 6.20 Å². The van der Waals surface area contributed by atoms with Crippen molar-refractivity contribution in [3.8, 4) is 5.75 Å². The summed E-state index contributed by atoms with van der Waals surface area (Å²) < 4.78 is 9.72. The van der Waals surface area contributed by atoms with E-state index in [1.807, 2.05) is 0 Å². The van der Waals surface area contributed by atoms with Crippen LogP contribution in [0.1, 0.15) is 20.8 Å². The Hall–Kier alpha value is -2.69. The molecule has 0 aliphatic rings. The van der Waals surface area contributed by atoms with Gasteiger partial charge in [0.2, 0.25) is 0 Å². The van der Waals surface area contributed by atoms with Gasteiger partial charge in [-0.05, 0) is 30.3 Å². The molecule has 0 bridgehead atoms. The molecule has 0 aliphatic heterocycles. The van der Waals surface area contributed by atoms with E-state index in [1.165, 1.54) is 19.4 Å². The molecule has 5 heteroatoms. The van der Waals surface area contributed by atoms with E-state index in [4.69, 9.17) is 4.74 Å². The van der Waals surface area contributed by atoms with Crippen molar-refractivity contribution in [3.05, 3.63) is 59.9 Å². The minimum Gasteiger partial charge on any atom is -0.465 e. The van der Waals surface area contributed by atoms with Crippen molar-refractivity contribution in [2.24, 2.45) is 0 Å². The molecular weight excluding hydrogens is 246 g/mol. The lowest BCUT2D eigenvalue weighted by molar-refractivity contribution is 0.0597. The van der Waals surface area contributed by atoms with Crippen LogP contribution in [0.5, 0.6) is 5.75 Å². The van der Waals surface area contributed by atoms with E-state index < -0.39 is 11.9 Å². The molecule has 19 heavy (non-hydrogen) atoms. The second-order valence-electron chi connectivity index (χ2n) is 3.62. The molecule has 0 aliphatic carbocycles. The van der Waals surface area contributed by atoms with Gasteiger partial charge in [-0.25, -0.2) is 14.6 Å². The Balaban J connectivity index is 2.16. The molecule has 0 unspecified atom stereocenters. The van der Waals surface area contributed by atoms with E-state index in [1.54, 1.807) is 36.4 Å². The van der Waals surface area contributed by atoms with Crippen molar-refractivity contribution in [2.75, 3.05) is 7.11 Å². The largest absolute Gasteiger partial charge is 0.465 e. The van der Waals surface area contributed by atoms with E-state index in [2.05, 4.69) is 9.72 Å². The van der Waals surface area contributed by atoms with Crippen molar-refractivity contribution in [3.63, 3.8) is 0 Å². The molecule has 0 spiro atoms. The summed E-state index contributed by atoms with van der Waals surface area (Å²) in [7, 11) is 1.29. The van der Waals surface area contributed by atoms with E-state index in [-0.39, 0.29) is 11.4 Å². The summed E-state index contributed by atoms with van der Waals surface area (Å²) in [5.41, 5.74) is 0.514. The summed E-state index contributed by atoms with van der Waals surface area (Å²) in [4.78, 5) is 27.0. The van der Waals surface area contributed by atoms with Crippen LogP contribution < -0.4 is 4.74 Å². The number of rotatable bonds is 3. The van der Waals surface area contributed by atoms with E-state index in [0.717, 1.165) is 0 Å². The van der Waals surface area contributed by atoms with Crippen LogP contribution in [0, 0.1) is 0 Å². The molecule has 0 amide bonds. The van der Waals surface area contributed by atoms with Crippen LogP contribution in [-0.2, 0) is 4.74 Å². The highest BCUT2D eigenvalue weighted by Gasteiger charge is 2.11. The highest BCUT2D eigenvalue weighted by Crippen LogP contribution is 2.15. The van der Waals surface area contributed by atoms with E-state index >= 15 is 0 Å². The molecule has 0 N–H and O–H groups in total. The molecule has 2 rings (SSSR count). The fraction of sp³-hybridized carbons (Fsp3) is 0.0714. The summed E-state index contributed by atoms with van der Waals surface area (Å²) in [5.74, 6) is -0.808. The number of aromatic nitrogens is 1. The van der Waals surface area contributed by atoms with Gasteiger partial charge in [0.05, 0.1) is 12.7 Å². The summed E-state index contributed by atoms with van der Waals surface area (Å²) in [6.07, 6.45) is 1.50. The number of methoxy groups -OCH3 is 1. The van der Waals surface area contributed by atoms with Crippen molar-refractivity contribution < 1.29 is 19.1 Å². The van der Waals surface area contributed by atoms with Crippen molar-refractivity contribution in [1.29, 1.82) is 0 Å². The fourth-order valence-electron chi connectivity index (χ4n) is 1.45. The number of nitrogens with zero attached hydrogens (tertiary/aromatic N) is 1. The molecule has 0 fully saturated rings. The normalized spacial score (nSPS) is 9.74. The van der Waals surface area contributed by atoms with E-state index in [9.17, 15) is 9.59 Å². The van der Waals surface area contributed by atoms with Gasteiger partial charge in [-0.3, -0.25) is 0 Å². The van der Waals surface area contributed by atoms with Gasteiger partial charge >= 0.3 is 11.9 Å². The van der Waals surface area contributed by atoms with E-state index in [0.29, 0.717) is 5.56 Å². The molecule has 1 aromatic carbocycles. The second-order valence-corrected chi connectivity index (χ2v) is 3.62. The lowest BCUT2D eigenvalue weighted by atomic mass is 10.2. The Morgan fingerprint density at radius 3 is 2.58 bits per heavy atom. The minimum atomic E-state index is -0.581. The molecule has 0 atom stereocenters. The Bertz CT molecular complexity index is 595. The van der Waals surface area contributed by atoms with Gasteiger partial charge in [0.1, 0.15) is 11.4 Å². The van der Waals surface area contributed by atoms with Gasteiger partial charge < -0.3 is 9.47 Å². The van der Waals surface area contributed by atoms with Gasteiger partial charge in [-0.2, -0.15) is 0 Å². The van der Waals surface area contributed by atoms with Gasteiger partial charge in [0.15, 0.2) is 0 Å². The summed E-state index contributed by atoms with van der Waals surface area (Å²) in [5, 5.41) is 0. The SMILES string of the molecule is COC(=O)c1cccc(OC(=O)c2ccccn2)c1. The Labute approximate surface area is 109 Å². The first-order chi connectivity index (χ1) is 9.20. The molecule has 0 radical (unpaired) electrons. The third kappa shape index (κ3) is 3.16. The number of benzene rings is 1. The highest BCUT2D eigenvalue weighted by molar-refractivity contribution is 5.91. The predicted octanol–water partition coefficient (Wildman–Crippen LogP) is 2.09. The van der Waals surface area contributed by atoms with Crippen LogP contribution in [0.4, 0.5) is 0 Å². The topological polar surface area (TPSA) is 65.5 Å². The van der Waals surface area contributed by atoms with Crippen LogP contribution in [0.15, 0.2) is 48.7 Å². The third-order valence-corrected chi connectivity index (χ3v) is 2.34. The quantitative estimate of drug-likeness (QED) is 0.622. The zero-order chi connectivity index (χ0) is 13.7. The zero-order valence-corrected chi connectivity index (χ0v) is 10.2. The first-order valence-corrected chi connectivity index (χ1v) is 5.52. The average Bonchev–Trinajstić information content (AvgIpc) is 2.47. The number of carbonyl (C=O) groups is 2. The number of hydrogen-bond acceptors (Lipinski definition) is 5. The minimum absolute atomic E-state index is 0.200. The average molecular weight is 257 g/mol. The highest BCUT2D eigenvalue weighted by atomic mass is 16.5. The lowest BCUT2D eigenvalue weighted by Gasteiger charge is -2.05. The maximum Gasteiger partial charge on any atom is 0.362 e. The Morgan fingerprint density at radius 2 is 1.89 bits per heavy atom. The number of ether oxygens (including phenoxy) is 2. The Morgan fingerprint density at radius 1 is 1.05 bits per heavy atom. The Kier molecular flexibility index (Phi) is 3.87. The summed E-state index contributed by atoms with van der Waals surface area (Å²) in [6.45, 7) is 0. The third-order valence-electron chi connectivity index (χ3n) is 2.34. The van der Waals surface area contributed by atoms with Gasteiger partial charge in [0.25, 0.3) is 0 Å². The smallest absolute Gasteiger partial charge is 0.362 e. The molecule has 0 saturated carbocycles. The second kappa shape index (κ2) is 5.77. The maximum atomic E-state index is 11.8. The molecule has 2 aromatic rings. The lowest BCUT2D eigenvalue weighted by Crippen LogP contribution is -2.10. The van der Waals surface area contributed by atoms with Crippen LogP contribution >= 0.6 is 0 Å². The van der Waals surface area contributed by atoms with Crippen LogP contribution in [0.25, 0.3) is 0 Å². The van der Waals surface area contributed by atoms with Gasteiger partial charge in [-0.15, -0.1) is 0 Å². The first kappa shape index (κ1) is 12.8. The summed E-state index contributed by atoms with van der Waals surface area (Å²) in [6, 6.07) is 11.1. The fourth-order valence-corrected chi connectivity index (χ4v) is 1.45. The van der Waals surface area contributed by atoms with Crippen LogP contribution in [-0.4, -0.2) is 24.0 Å². The maximum absolute atomic E-state index is 11.8. The standard InChI is InChI=1S/C14H11NO4/c1-18-13(16)10-5-4-6-11(9-10)19-14(17)12-7-2-3-8-15-12/h2-9H,1H3. The molecule has 1 aromatic heterocycles. The van der Waals surface area contributed by atoms with Crippen molar-refractivity contribution in [2.45, 2.75) is 0 Å². The summed E-state index contributed by atoms with van der Waals surface area (Å²) >= 11 is 0. The van der Waals surface area contributed by atoms with Crippen LogP contribution in [0.2, 0.25) is 0 Å². The number of pyridine rings is 1. The molecule has 5 nitrogen and oxygen atoms in total. The number of esters is 2. The zero-order valence-electron chi connectivity index (χ0n) is 10.2. The first-order valence-electron chi connectivity index (χ1n) is 5.52. The monoisotopic (exact) mass is 257 g/mol. The molecule has 0 saturated heterocycles. The van der Waals surface area contributed by atoms with Crippen molar-refractivity contribution >= 4 is 11.9 Å². The molecule has 1 heterocycles. The van der Waals surface area contributed by atoms with Gasteiger partial charge in [-0.1, -0.05) is 12.1 Å². The molecular formula is C14H11NO4. The molecule has 96 valence electrons. The van der Waals surface area contributed by atoms with Crippen LogP contribution in [0.3, 0.4) is 0 Å². The predicted molar refractivity (Wildman–Crippen MR) is 67.0 cm³/mol. The number of carbonyl (C=O) groups excluding carboxylic acids is 2.